The van der Waals surface area contributed by atoms with Crippen LogP contribution in [-0.2, 0) is 17.8 Å². The van der Waals surface area contributed by atoms with Gasteiger partial charge in [0, 0.05) is 44.1 Å². The highest BCUT2D eigenvalue weighted by atomic mass is 16.5. The van der Waals surface area contributed by atoms with Gasteiger partial charge in [-0.25, -0.2) is 9.78 Å². The summed E-state index contributed by atoms with van der Waals surface area (Å²) in [6.07, 6.45) is 2.09. The van der Waals surface area contributed by atoms with Crippen LogP contribution in [0.3, 0.4) is 0 Å². The highest BCUT2D eigenvalue weighted by Crippen LogP contribution is 2.20. The van der Waals surface area contributed by atoms with Gasteiger partial charge < -0.3 is 20.1 Å². The first kappa shape index (κ1) is 20.1. The van der Waals surface area contributed by atoms with Crippen molar-refractivity contribution in [1.29, 1.82) is 0 Å². The quantitative estimate of drug-likeness (QED) is 0.801. The Balaban J connectivity index is 1.58. The maximum Gasteiger partial charge on any atom is 0.319 e. The highest BCUT2D eigenvalue weighted by Gasteiger charge is 2.22. The third-order valence-electron chi connectivity index (χ3n) is 4.62. The van der Waals surface area contributed by atoms with Gasteiger partial charge in [-0.05, 0) is 37.1 Å². The molecule has 0 radical (unpaired) electrons. The van der Waals surface area contributed by atoms with Crippen LogP contribution in [0.4, 0.5) is 10.5 Å². The molecule has 2 heterocycles. The van der Waals surface area contributed by atoms with Crippen molar-refractivity contribution < 1.29 is 14.3 Å². The fourth-order valence-electron chi connectivity index (χ4n) is 3.46. The van der Waals surface area contributed by atoms with E-state index in [1.807, 2.05) is 30.3 Å². The Morgan fingerprint density at radius 2 is 2.00 bits per heavy atom. The minimum Gasteiger partial charge on any atom is -0.481 e. The Bertz CT molecular complexity index is 789. The molecular formula is C21H28N4O3. The number of carbonyl (C=O) groups is 1. The molecule has 7 nitrogen and oxygen atoms in total. The molecule has 1 aliphatic rings. The summed E-state index contributed by atoms with van der Waals surface area (Å²) < 4.78 is 10.9. The van der Waals surface area contributed by atoms with E-state index in [0.29, 0.717) is 12.4 Å². The highest BCUT2D eigenvalue weighted by molar-refractivity contribution is 5.90. The third-order valence-corrected chi connectivity index (χ3v) is 4.62. The molecule has 2 N–H and O–H groups in total. The Labute approximate surface area is 166 Å². The molecule has 3 rings (SSSR count). The van der Waals surface area contributed by atoms with E-state index in [9.17, 15) is 4.79 Å². The summed E-state index contributed by atoms with van der Waals surface area (Å²) in [7, 11) is 1.57. The number of nitrogens with zero attached hydrogens (tertiary/aromatic N) is 2. The summed E-state index contributed by atoms with van der Waals surface area (Å²) >= 11 is 0. The SMILES string of the molecule is COc1cc(CNC(=O)Nc2ccccc2CN2CC(C)OC(C)C2)ccn1. The van der Waals surface area contributed by atoms with E-state index in [1.165, 1.54) is 0 Å². The summed E-state index contributed by atoms with van der Waals surface area (Å²) in [6, 6.07) is 11.3. The van der Waals surface area contributed by atoms with Crippen molar-refractivity contribution in [2.75, 3.05) is 25.5 Å². The molecule has 0 spiro atoms. The number of ether oxygens (including phenoxy) is 2. The molecule has 150 valence electrons. The lowest BCUT2D eigenvalue weighted by molar-refractivity contribution is -0.0704. The lowest BCUT2D eigenvalue weighted by Gasteiger charge is -2.35. The zero-order valence-corrected chi connectivity index (χ0v) is 16.6. The second-order valence-electron chi connectivity index (χ2n) is 7.12. The number of para-hydroxylation sites is 1. The first-order valence-corrected chi connectivity index (χ1v) is 9.53. The molecular weight excluding hydrogens is 356 g/mol. The van der Waals surface area contributed by atoms with Gasteiger partial charge in [-0.15, -0.1) is 0 Å². The summed E-state index contributed by atoms with van der Waals surface area (Å²) in [5.41, 5.74) is 2.83. The molecule has 7 heteroatoms. The van der Waals surface area contributed by atoms with Gasteiger partial charge in [-0.1, -0.05) is 18.2 Å². The van der Waals surface area contributed by atoms with Crippen LogP contribution in [0.1, 0.15) is 25.0 Å². The van der Waals surface area contributed by atoms with Crippen LogP contribution >= 0.6 is 0 Å². The lowest BCUT2D eigenvalue weighted by Crippen LogP contribution is -2.44. The van der Waals surface area contributed by atoms with Crippen molar-refractivity contribution in [2.45, 2.75) is 39.1 Å². The van der Waals surface area contributed by atoms with Crippen LogP contribution in [0.15, 0.2) is 42.6 Å². The van der Waals surface area contributed by atoms with Crippen molar-refractivity contribution in [1.82, 2.24) is 15.2 Å². The van der Waals surface area contributed by atoms with Crippen LogP contribution in [0, 0.1) is 0 Å². The Hall–Kier alpha value is -2.64. The molecule has 1 aromatic heterocycles. The number of pyridine rings is 1. The van der Waals surface area contributed by atoms with Crippen LogP contribution < -0.4 is 15.4 Å². The van der Waals surface area contributed by atoms with Crippen molar-refractivity contribution in [3.05, 3.63) is 53.7 Å². The van der Waals surface area contributed by atoms with Gasteiger partial charge in [0.05, 0.1) is 19.3 Å². The molecule has 0 bridgehead atoms. The fraction of sp³-hybridized carbons (Fsp3) is 0.429. The smallest absolute Gasteiger partial charge is 0.319 e. The van der Waals surface area contributed by atoms with Crippen LogP contribution in [0.2, 0.25) is 0 Å². The van der Waals surface area contributed by atoms with Crippen molar-refractivity contribution in [3.63, 3.8) is 0 Å². The minimum absolute atomic E-state index is 0.213. The van der Waals surface area contributed by atoms with Gasteiger partial charge in [0.15, 0.2) is 0 Å². The molecule has 1 aliphatic heterocycles. The first-order valence-electron chi connectivity index (χ1n) is 9.53. The van der Waals surface area contributed by atoms with E-state index in [4.69, 9.17) is 9.47 Å². The zero-order chi connectivity index (χ0) is 19.9. The largest absolute Gasteiger partial charge is 0.481 e. The van der Waals surface area contributed by atoms with Gasteiger partial charge >= 0.3 is 6.03 Å². The van der Waals surface area contributed by atoms with Crippen LogP contribution in [0.5, 0.6) is 5.88 Å². The molecule has 1 fully saturated rings. The number of nitrogens with one attached hydrogen (secondary N) is 2. The van der Waals surface area contributed by atoms with Crippen LogP contribution in [-0.4, -0.2) is 48.3 Å². The Morgan fingerprint density at radius 3 is 2.75 bits per heavy atom. The van der Waals surface area contributed by atoms with E-state index in [2.05, 4.69) is 34.4 Å². The predicted molar refractivity (Wildman–Crippen MR) is 108 cm³/mol. The fourth-order valence-corrected chi connectivity index (χ4v) is 3.46. The second kappa shape index (κ2) is 9.52. The molecule has 28 heavy (non-hydrogen) atoms. The number of hydrogen-bond donors (Lipinski definition) is 2. The van der Waals surface area contributed by atoms with Crippen LogP contribution in [0.25, 0.3) is 0 Å². The molecule has 2 amide bonds. The summed E-state index contributed by atoms with van der Waals surface area (Å²) in [5.74, 6) is 0.527. The molecule has 0 saturated carbocycles. The predicted octanol–water partition coefficient (Wildman–Crippen LogP) is 3.02. The molecule has 0 aliphatic carbocycles. The molecule has 2 unspecified atom stereocenters. The maximum atomic E-state index is 12.4. The number of anilines is 1. The second-order valence-corrected chi connectivity index (χ2v) is 7.12. The van der Waals surface area contributed by atoms with E-state index in [-0.39, 0.29) is 18.2 Å². The number of methoxy groups -OCH3 is 1. The van der Waals surface area contributed by atoms with Gasteiger partial charge in [-0.2, -0.15) is 0 Å². The number of rotatable bonds is 6. The molecule has 2 aromatic rings. The van der Waals surface area contributed by atoms with Gasteiger partial charge in [0.25, 0.3) is 0 Å². The molecule has 2 atom stereocenters. The number of carbonyl (C=O) groups excluding carboxylic acids is 1. The first-order chi connectivity index (χ1) is 13.5. The molecule has 1 saturated heterocycles. The lowest BCUT2D eigenvalue weighted by atomic mass is 10.1. The number of morpholine rings is 1. The van der Waals surface area contributed by atoms with Gasteiger partial charge in [-0.3, -0.25) is 4.90 Å². The van der Waals surface area contributed by atoms with Gasteiger partial charge in [0.1, 0.15) is 0 Å². The zero-order valence-electron chi connectivity index (χ0n) is 16.6. The third kappa shape index (κ3) is 5.68. The number of urea groups is 1. The van der Waals surface area contributed by atoms with E-state index in [0.717, 1.165) is 36.4 Å². The average Bonchev–Trinajstić information content (AvgIpc) is 2.67. The molecule has 1 aromatic carbocycles. The van der Waals surface area contributed by atoms with Crippen molar-refractivity contribution in [2.24, 2.45) is 0 Å². The average molecular weight is 384 g/mol. The number of hydrogen-bond acceptors (Lipinski definition) is 5. The van der Waals surface area contributed by atoms with Crippen molar-refractivity contribution in [3.8, 4) is 5.88 Å². The van der Waals surface area contributed by atoms with E-state index in [1.54, 1.807) is 19.4 Å². The number of aromatic nitrogens is 1. The number of benzene rings is 1. The summed E-state index contributed by atoms with van der Waals surface area (Å²) in [4.78, 5) is 18.8. The minimum atomic E-state index is -0.244. The van der Waals surface area contributed by atoms with E-state index >= 15 is 0 Å². The van der Waals surface area contributed by atoms with Crippen molar-refractivity contribution >= 4 is 11.7 Å². The number of amides is 2. The Kier molecular flexibility index (Phi) is 6.84. The van der Waals surface area contributed by atoms with E-state index < -0.39 is 0 Å². The monoisotopic (exact) mass is 384 g/mol. The Morgan fingerprint density at radius 1 is 1.25 bits per heavy atom. The van der Waals surface area contributed by atoms with Gasteiger partial charge in [0.2, 0.25) is 5.88 Å². The summed E-state index contributed by atoms with van der Waals surface area (Å²) in [5, 5.41) is 5.84. The topological polar surface area (TPSA) is 75.7 Å². The normalized spacial score (nSPS) is 19.8. The standard InChI is InChI=1S/C21H28N4O3/c1-15-12-25(13-16(2)28-15)14-18-6-4-5-7-19(18)24-21(26)23-11-17-8-9-22-20(10-17)27-3/h4-10,15-16H,11-14H2,1-3H3,(H2,23,24,26). The maximum absolute atomic E-state index is 12.4. The summed E-state index contributed by atoms with van der Waals surface area (Å²) in [6.45, 7) is 7.12.